The van der Waals surface area contributed by atoms with E-state index in [1.54, 1.807) is 24.3 Å². The normalized spacial score (nSPS) is 10.6. The minimum Gasteiger partial charge on any atom is -0.465 e. The molecule has 0 fully saturated rings. The van der Waals surface area contributed by atoms with Crippen molar-refractivity contribution in [3.05, 3.63) is 71.2 Å². The van der Waals surface area contributed by atoms with Crippen LogP contribution in [0, 0.1) is 5.82 Å². The number of para-hydroxylation sites is 1. The molecule has 0 saturated carbocycles. The molecule has 1 aromatic heterocycles. The van der Waals surface area contributed by atoms with Gasteiger partial charge in [-0.05, 0) is 35.9 Å². The molecule has 8 heteroatoms. The van der Waals surface area contributed by atoms with E-state index in [1.807, 2.05) is 6.07 Å². The van der Waals surface area contributed by atoms with E-state index in [2.05, 4.69) is 21.0 Å². The number of nitrogens with zero attached hydrogens (tertiary/aromatic N) is 2. The fraction of sp³-hybridized carbons (Fsp3) is 0.150. The molecular weight excluding hydrogens is 431 g/mol. The van der Waals surface area contributed by atoms with Gasteiger partial charge in [0.25, 0.3) is 0 Å². The fourth-order valence-corrected chi connectivity index (χ4v) is 3.31. The lowest BCUT2D eigenvalue weighted by molar-refractivity contribution is 0.0549. The van der Waals surface area contributed by atoms with Gasteiger partial charge in [0, 0.05) is 10.9 Å². The van der Waals surface area contributed by atoms with Crippen molar-refractivity contribution >= 4 is 27.9 Å². The van der Waals surface area contributed by atoms with Crippen molar-refractivity contribution in [2.24, 2.45) is 0 Å². The minimum atomic E-state index is -0.748. The molecule has 0 aliphatic carbocycles. The van der Waals surface area contributed by atoms with Gasteiger partial charge in [-0.25, -0.2) is 18.7 Å². The maximum atomic E-state index is 13.7. The van der Waals surface area contributed by atoms with Crippen LogP contribution in [0.25, 0.3) is 16.9 Å². The van der Waals surface area contributed by atoms with Gasteiger partial charge >= 0.3 is 11.9 Å². The van der Waals surface area contributed by atoms with E-state index >= 15 is 0 Å². The highest BCUT2D eigenvalue weighted by atomic mass is 79.9. The average molecular weight is 447 g/mol. The van der Waals surface area contributed by atoms with Crippen LogP contribution in [0.4, 0.5) is 4.39 Å². The summed E-state index contributed by atoms with van der Waals surface area (Å²) in [6.45, 7) is 0. The highest BCUT2D eigenvalue weighted by Gasteiger charge is 2.32. The van der Waals surface area contributed by atoms with Gasteiger partial charge in [0.05, 0.1) is 19.9 Å². The molecule has 0 amide bonds. The lowest BCUT2D eigenvalue weighted by Gasteiger charge is -2.07. The molecule has 2 aromatic carbocycles. The summed E-state index contributed by atoms with van der Waals surface area (Å²) in [5, 5.41) is 4.82. The number of hydrogen-bond donors (Lipinski definition) is 0. The molecule has 0 spiro atoms. The van der Waals surface area contributed by atoms with Crippen LogP contribution in [0.1, 0.15) is 26.4 Å². The third kappa shape index (κ3) is 3.55. The number of halogens is 2. The van der Waals surface area contributed by atoms with Crippen molar-refractivity contribution in [2.75, 3.05) is 14.2 Å². The number of benzene rings is 2. The molecule has 0 N–H and O–H groups in total. The molecule has 144 valence electrons. The number of alkyl halides is 1. The van der Waals surface area contributed by atoms with Crippen molar-refractivity contribution in [2.45, 2.75) is 5.33 Å². The maximum Gasteiger partial charge on any atom is 0.357 e. The van der Waals surface area contributed by atoms with E-state index in [0.717, 1.165) is 0 Å². The summed E-state index contributed by atoms with van der Waals surface area (Å²) in [6, 6.07) is 13.0. The Balaban J connectivity index is 2.39. The molecule has 3 aromatic rings. The second-order valence-corrected chi connectivity index (χ2v) is 6.30. The minimum absolute atomic E-state index is 0.0491. The fourth-order valence-electron chi connectivity index (χ4n) is 2.85. The Bertz CT molecular complexity index is 1030. The molecule has 0 aliphatic rings. The Hall–Kier alpha value is -3.00. The van der Waals surface area contributed by atoms with Crippen LogP contribution < -0.4 is 0 Å². The first kappa shape index (κ1) is 19.8. The van der Waals surface area contributed by atoms with Crippen LogP contribution in [-0.4, -0.2) is 35.9 Å². The monoisotopic (exact) mass is 446 g/mol. The average Bonchev–Trinajstić information content (AvgIpc) is 3.13. The summed E-state index contributed by atoms with van der Waals surface area (Å²) in [6.07, 6.45) is 0. The Labute approximate surface area is 169 Å². The third-order valence-corrected chi connectivity index (χ3v) is 4.72. The summed E-state index contributed by atoms with van der Waals surface area (Å²) >= 11 is 3.32. The van der Waals surface area contributed by atoms with Crippen LogP contribution in [0.5, 0.6) is 0 Å². The molecule has 0 aliphatic heterocycles. The van der Waals surface area contributed by atoms with Gasteiger partial charge in [0.15, 0.2) is 5.69 Å². The number of rotatable bonds is 5. The lowest BCUT2D eigenvalue weighted by Crippen LogP contribution is -2.15. The second kappa shape index (κ2) is 8.35. The third-order valence-electron chi connectivity index (χ3n) is 4.12. The first-order valence-corrected chi connectivity index (χ1v) is 9.33. The lowest BCUT2D eigenvalue weighted by atomic mass is 10.0. The van der Waals surface area contributed by atoms with Gasteiger partial charge < -0.3 is 9.47 Å². The van der Waals surface area contributed by atoms with Crippen LogP contribution >= 0.6 is 15.9 Å². The molecule has 0 saturated heterocycles. The van der Waals surface area contributed by atoms with Crippen molar-refractivity contribution in [3.63, 3.8) is 0 Å². The standard InChI is InChI=1S/C20H16BrFN2O4/c1-27-19(25)16-17(15-9-8-13(22)10-12(15)11-21)23-24(18(16)20(26)28-2)14-6-4-3-5-7-14/h3-10H,11H2,1-2H3. The van der Waals surface area contributed by atoms with Crippen LogP contribution in [-0.2, 0) is 14.8 Å². The second-order valence-electron chi connectivity index (χ2n) is 5.74. The van der Waals surface area contributed by atoms with E-state index < -0.39 is 17.8 Å². The van der Waals surface area contributed by atoms with Crippen molar-refractivity contribution < 1.29 is 23.5 Å². The molecule has 0 radical (unpaired) electrons. The zero-order chi connectivity index (χ0) is 20.3. The van der Waals surface area contributed by atoms with Gasteiger partial charge in [-0.2, -0.15) is 5.10 Å². The van der Waals surface area contributed by atoms with Crippen molar-refractivity contribution in [1.82, 2.24) is 9.78 Å². The van der Waals surface area contributed by atoms with Crippen LogP contribution in [0.3, 0.4) is 0 Å². The Kier molecular flexibility index (Phi) is 5.89. The largest absolute Gasteiger partial charge is 0.465 e. The highest BCUT2D eigenvalue weighted by molar-refractivity contribution is 9.08. The molecule has 28 heavy (non-hydrogen) atoms. The number of methoxy groups -OCH3 is 2. The summed E-state index contributed by atoms with van der Waals surface area (Å²) in [7, 11) is 2.43. The molecular formula is C20H16BrFN2O4. The zero-order valence-electron chi connectivity index (χ0n) is 15.1. The maximum absolute atomic E-state index is 13.7. The number of esters is 2. The molecule has 1 heterocycles. The smallest absolute Gasteiger partial charge is 0.357 e. The molecule has 6 nitrogen and oxygen atoms in total. The first-order chi connectivity index (χ1) is 13.5. The van der Waals surface area contributed by atoms with Gasteiger partial charge in [-0.3, -0.25) is 0 Å². The predicted molar refractivity (Wildman–Crippen MR) is 104 cm³/mol. The van der Waals surface area contributed by atoms with E-state index in [9.17, 15) is 14.0 Å². The molecule has 3 rings (SSSR count). The van der Waals surface area contributed by atoms with E-state index in [4.69, 9.17) is 9.47 Å². The zero-order valence-corrected chi connectivity index (χ0v) is 16.7. The van der Waals surface area contributed by atoms with Gasteiger partial charge in [0.2, 0.25) is 0 Å². The summed E-state index contributed by atoms with van der Waals surface area (Å²) in [5.41, 5.74) is 1.71. The highest BCUT2D eigenvalue weighted by Crippen LogP contribution is 2.32. The van der Waals surface area contributed by atoms with Gasteiger partial charge in [-0.1, -0.05) is 34.1 Å². The number of aromatic nitrogens is 2. The molecule has 0 bridgehead atoms. The quantitative estimate of drug-likeness (QED) is 0.434. The van der Waals surface area contributed by atoms with Crippen molar-refractivity contribution in [3.8, 4) is 16.9 Å². The topological polar surface area (TPSA) is 70.4 Å². The van der Waals surface area contributed by atoms with Crippen molar-refractivity contribution in [1.29, 1.82) is 0 Å². The molecule has 0 unspecified atom stereocenters. The summed E-state index contributed by atoms with van der Waals surface area (Å²) in [4.78, 5) is 25.1. The Morgan fingerprint density at radius 2 is 1.75 bits per heavy atom. The van der Waals surface area contributed by atoms with Gasteiger partial charge in [0.1, 0.15) is 17.1 Å². The summed E-state index contributed by atoms with van der Waals surface area (Å²) < 4.78 is 24.8. The number of hydrogen-bond acceptors (Lipinski definition) is 5. The SMILES string of the molecule is COC(=O)c1c(-c2ccc(F)cc2CBr)nn(-c2ccccc2)c1C(=O)OC. The first-order valence-electron chi connectivity index (χ1n) is 8.21. The van der Waals surface area contributed by atoms with Crippen LogP contribution in [0.15, 0.2) is 48.5 Å². The number of carbonyl (C=O) groups is 2. The van der Waals surface area contributed by atoms with E-state index in [0.29, 0.717) is 22.1 Å². The Morgan fingerprint density at radius 1 is 1.07 bits per heavy atom. The summed E-state index contributed by atoms with van der Waals surface area (Å²) in [5.74, 6) is -1.92. The van der Waals surface area contributed by atoms with Gasteiger partial charge in [-0.15, -0.1) is 0 Å². The van der Waals surface area contributed by atoms with Crippen LogP contribution in [0.2, 0.25) is 0 Å². The number of ether oxygens (including phenoxy) is 2. The molecule has 0 atom stereocenters. The van der Waals surface area contributed by atoms with E-state index in [1.165, 1.54) is 37.1 Å². The predicted octanol–water partition coefficient (Wildman–Crippen LogP) is 4.15. The Morgan fingerprint density at radius 3 is 2.36 bits per heavy atom. The van der Waals surface area contributed by atoms with E-state index in [-0.39, 0.29) is 17.0 Å². The number of carbonyl (C=O) groups excluding carboxylic acids is 2.